The number of rotatable bonds is 4. The number of piperazine rings is 1. The number of anilines is 1. The molecule has 2 fully saturated rings. The topological polar surface area (TPSA) is 86.7 Å². The van der Waals surface area contributed by atoms with Gasteiger partial charge in [-0.1, -0.05) is 0 Å². The molecule has 31 heavy (non-hydrogen) atoms. The molecule has 0 aliphatic carbocycles. The summed E-state index contributed by atoms with van der Waals surface area (Å²) in [7, 11) is -3.20. The van der Waals surface area contributed by atoms with Crippen molar-refractivity contribution in [1.82, 2.24) is 19.4 Å². The van der Waals surface area contributed by atoms with Crippen molar-refractivity contribution in [1.29, 1.82) is 0 Å². The molecule has 0 atom stereocenters. The molecule has 2 saturated heterocycles. The van der Waals surface area contributed by atoms with E-state index in [2.05, 4.69) is 15.1 Å². The summed E-state index contributed by atoms with van der Waals surface area (Å²) in [6.07, 6.45) is 2.66. The van der Waals surface area contributed by atoms with E-state index in [0.29, 0.717) is 45.0 Å². The van der Waals surface area contributed by atoms with Gasteiger partial charge in [0.1, 0.15) is 5.82 Å². The van der Waals surface area contributed by atoms with E-state index in [1.54, 1.807) is 17.0 Å². The molecule has 0 N–H and O–H groups in total. The minimum absolute atomic E-state index is 0.0486. The van der Waals surface area contributed by atoms with Crippen molar-refractivity contribution in [3.8, 4) is 11.3 Å². The van der Waals surface area contributed by atoms with Crippen LogP contribution < -0.4 is 4.90 Å². The van der Waals surface area contributed by atoms with Gasteiger partial charge in [-0.15, -0.1) is 10.2 Å². The molecule has 166 valence electrons. The van der Waals surface area contributed by atoms with Crippen LogP contribution in [-0.2, 0) is 14.8 Å². The molecular formula is C21H26FN5O3S. The predicted octanol–water partition coefficient (Wildman–Crippen LogP) is 1.60. The first-order valence-corrected chi connectivity index (χ1v) is 12.2. The van der Waals surface area contributed by atoms with Crippen molar-refractivity contribution in [2.75, 3.05) is 50.4 Å². The summed E-state index contributed by atoms with van der Waals surface area (Å²) >= 11 is 0. The summed E-state index contributed by atoms with van der Waals surface area (Å²) in [4.78, 5) is 16.8. The quantitative estimate of drug-likeness (QED) is 0.708. The van der Waals surface area contributed by atoms with Gasteiger partial charge in [0.05, 0.1) is 11.9 Å². The van der Waals surface area contributed by atoms with Crippen LogP contribution in [0.2, 0.25) is 0 Å². The van der Waals surface area contributed by atoms with Gasteiger partial charge in [0, 0.05) is 50.7 Å². The summed E-state index contributed by atoms with van der Waals surface area (Å²) in [5.74, 6) is 0.541. The summed E-state index contributed by atoms with van der Waals surface area (Å²) in [5, 5.41) is 8.58. The van der Waals surface area contributed by atoms with Crippen molar-refractivity contribution in [2.45, 2.75) is 12.8 Å². The Morgan fingerprint density at radius 3 is 2.13 bits per heavy atom. The van der Waals surface area contributed by atoms with Crippen molar-refractivity contribution < 1.29 is 17.6 Å². The maximum absolute atomic E-state index is 13.1. The van der Waals surface area contributed by atoms with E-state index in [1.807, 2.05) is 12.1 Å². The third-order valence-electron chi connectivity index (χ3n) is 5.98. The Hall–Kier alpha value is -2.59. The van der Waals surface area contributed by atoms with E-state index in [4.69, 9.17) is 0 Å². The SMILES string of the molecule is CS(=O)(=O)N1CCN(C(=O)C2CCN(c3ccc(-c4ccc(F)cc4)nn3)CC2)CC1. The second-order valence-electron chi connectivity index (χ2n) is 8.03. The molecule has 1 aromatic heterocycles. The standard InChI is InChI=1S/C21H26FN5O3S/c1-31(29,30)27-14-12-26(13-15-27)21(28)17-8-10-25(11-9-17)20-7-6-19(23-24-20)16-2-4-18(22)5-3-16/h2-7,17H,8-15H2,1H3. The summed E-state index contributed by atoms with van der Waals surface area (Å²) < 4.78 is 37.8. The molecule has 0 saturated carbocycles. The van der Waals surface area contributed by atoms with Crippen molar-refractivity contribution in [2.24, 2.45) is 5.92 Å². The van der Waals surface area contributed by atoms with Crippen LogP contribution in [0.15, 0.2) is 36.4 Å². The number of halogens is 1. The molecule has 0 radical (unpaired) electrons. The van der Waals surface area contributed by atoms with E-state index >= 15 is 0 Å². The van der Waals surface area contributed by atoms with Crippen molar-refractivity contribution in [3.05, 3.63) is 42.2 Å². The molecule has 2 aromatic rings. The third-order valence-corrected chi connectivity index (χ3v) is 7.28. The number of carbonyl (C=O) groups is 1. The van der Waals surface area contributed by atoms with Crippen LogP contribution in [0.4, 0.5) is 10.2 Å². The predicted molar refractivity (Wildman–Crippen MR) is 115 cm³/mol. The zero-order valence-electron chi connectivity index (χ0n) is 17.4. The van der Waals surface area contributed by atoms with Crippen LogP contribution >= 0.6 is 0 Å². The number of benzene rings is 1. The minimum Gasteiger partial charge on any atom is -0.355 e. The number of amides is 1. The first-order valence-electron chi connectivity index (χ1n) is 10.4. The number of hydrogen-bond donors (Lipinski definition) is 0. The molecule has 8 nitrogen and oxygen atoms in total. The number of aromatic nitrogens is 2. The maximum Gasteiger partial charge on any atom is 0.225 e. The lowest BCUT2D eigenvalue weighted by molar-refractivity contribution is -0.137. The lowest BCUT2D eigenvalue weighted by Gasteiger charge is -2.38. The monoisotopic (exact) mass is 447 g/mol. The summed E-state index contributed by atoms with van der Waals surface area (Å²) in [5.41, 5.74) is 1.49. The molecule has 0 spiro atoms. The van der Waals surface area contributed by atoms with Gasteiger partial charge in [-0.3, -0.25) is 4.79 Å². The minimum atomic E-state index is -3.20. The Morgan fingerprint density at radius 2 is 1.58 bits per heavy atom. The van der Waals surface area contributed by atoms with Gasteiger partial charge < -0.3 is 9.80 Å². The molecule has 0 bridgehead atoms. The van der Waals surface area contributed by atoms with E-state index in [0.717, 1.165) is 24.2 Å². The molecule has 3 heterocycles. The molecule has 1 amide bonds. The van der Waals surface area contributed by atoms with Crippen LogP contribution in [0.5, 0.6) is 0 Å². The number of piperidine rings is 1. The third kappa shape index (κ3) is 5.01. The highest BCUT2D eigenvalue weighted by molar-refractivity contribution is 7.88. The smallest absolute Gasteiger partial charge is 0.225 e. The fourth-order valence-electron chi connectivity index (χ4n) is 4.12. The molecule has 4 rings (SSSR count). The second-order valence-corrected chi connectivity index (χ2v) is 10.0. The molecule has 10 heteroatoms. The van der Waals surface area contributed by atoms with E-state index < -0.39 is 10.0 Å². The van der Waals surface area contributed by atoms with Crippen LogP contribution in [0, 0.1) is 11.7 Å². The Labute approximate surface area is 181 Å². The van der Waals surface area contributed by atoms with E-state index in [9.17, 15) is 17.6 Å². The highest BCUT2D eigenvalue weighted by Gasteiger charge is 2.32. The molecule has 2 aliphatic rings. The zero-order valence-corrected chi connectivity index (χ0v) is 18.3. The second kappa shape index (κ2) is 8.88. The molecule has 0 unspecified atom stereocenters. The summed E-state index contributed by atoms with van der Waals surface area (Å²) in [6, 6.07) is 9.91. The lowest BCUT2D eigenvalue weighted by Crippen LogP contribution is -2.52. The Bertz CT molecular complexity index is 1010. The normalized spacial score (nSPS) is 18.9. The van der Waals surface area contributed by atoms with Crippen LogP contribution in [0.25, 0.3) is 11.3 Å². The van der Waals surface area contributed by atoms with Crippen LogP contribution in [-0.4, -0.2) is 79.3 Å². The molecule has 2 aliphatic heterocycles. The van der Waals surface area contributed by atoms with Gasteiger partial charge in [-0.25, -0.2) is 12.8 Å². The van der Waals surface area contributed by atoms with Crippen LogP contribution in [0.1, 0.15) is 12.8 Å². The zero-order chi connectivity index (χ0) is 22.0. The average molecular weight is 448 g/mol. The Kier molecular flexibility index (Phi) is 6.19. The van der Waals surface area contributed by atoms with Crippen molar-refractivity contribution in [3.63, 3.8) is 0 Å². The largest absolute Gasteiger partial charge is 0.355 e. The van der Waals surface area contributed by atoms with Gasteiger partial charge in [-0.2, -0.15) is 4.31 Å². The fourth-order valence-corrected chi connectivity index (χ4v) is 4.95. The van der Waals surface area contributed by atoms with Crippen LogP contribution in [0.3, 0.4) is 0 Å². The first-order chi connectivity index (χ1) is 14.8. The van der Waals surface area contributed by atoms with Gasteiger partial charge in [-0.05, 0) is 49.2 Å². The first kappa shape index (κ1) is 21.6. The summed E-state index contributed by atoms with van der Waals surface area (Å²) in [6.45, 7) is 3.04. The van der Waals surface area contributed by atoms with E-state index in [1.165, 1.54) is 22.7 Å². The van der Waals surface area contributed by atoms with Gasteiger partial charge in [0.2, 0.25) is 15.9 Å². The van der Waals surface area contributed by atoms with E-state index in [-0.39, 0.29) is 17.6 Å². The highest BCUT2D eigenvalue weighted by atomic mass is 32.2. The number of carbonyl (C=O) groups excluding carboxylic acids is 1. The number of nitrogens with zero attached hydrogens (tertiary/aromatic N) is 5. The number of hydrogen-bond acceptors (Lipinski definition) is 6. The lowest BCUT2D eigenvalue weighted by atomic mass is 9.95. The number of sulfonamides is 1. The van der Waals surface area contributed by atoms with Gasteiger partial charge in [0.15, 0.2) is 5.82 Å². The average Bonchev–Trinajstić information content (AvgIpc) is 2.79. The fraction of sp³-hybridized carbons (Fsp3) is 0.476. The molecular weight excluding hydrogens is 421 g/mol. The Balaban J connectivity index is 1.30. The van der Waals surface area contributed by atoms with Gasteiger partial charge >= 0.3 is 0 Å². The van der Waals surface area contributed by atoms with Crippen molar-refractivity contribution >= 4 is 21.7 Å². The highest BCUT2D eigenvalue weighted by Crippen LogP contribution is 2.25. The Morgan fingerprint density at radius 1 is 0.935 bits per heavy atom. The van der Waals surface area contributed by atoms with Gasteiger partial charge in [0.25, 0.3) is 0 Å². The molecule has 1 aromatic carbocycles. The maximum atomic E-state index is 13.1.